The fourth-order valence-corrected chi connectivity index (χ4v) is 4.75. The molecule has 0 bridgehead atoms. The number of carbonyl (C=O) groups excluding carboxylic acids is 1. The zero-order chi connectivity index (χ0) is 23.3. The molecule has 0 aliphatic carbocycles. The molecule has 1 aliphatic rings. The van der Waals surface area contributed by atoms with E-state index in [9.17, 15) is 18.7 Å². The second kappa shape index (κ2) is 10.4. The maximum absolute atomic E-state index is 12.9. The standard InChI is InChI=1S/C24H26F2N4O2S/c25-21(26)5-2-10-24(32)11-15-30(16-12-24)23(31)17-6-8-18(9-7-17)29-33-20-4-1-3-19-22(20)28-14-13-27-19/h1,3-4,6-9,13-14,21,29,32H,2,5,10-12,15-16H2. The third-order valence-corrected chi connectivity index (χ3v) is 6.81. The minimum absolute atomic E-state index is 0.0897. The summed E-state index contributed by atoms with van der Waals surface area (Å²) in [7, 11) is 0. The molecule has 0 spiro atoms. The van der Waals surface area contributed by atoms with E-state index in [2.05, 4.69) is 14.7 Å². The molecule has 1 saturated heterocycles. The number of aliphatic hydroxyl groups is 1. The predicted octanol–water partition coefficient (Wildman–Crippen LogP) is 5.15. The van der Waals surface area contributed by atoms with Crippen molar-refractivity contribution in [3.8, 4) is 0 Å². The number of carbonyl (C=O) groups is 1. The molecule has 9 heteroatoms. The Balaban J connectivity index is 1.30. The van der Waals surface area contributed by atoms with Crippen molar-refractivity contribution in [2.75, 3.05) is 17.8 Å². The summed E-state index contributed by atoms with van der Waals surface area (Å²) in [6, 6.07) is 13.1. The average molecular weight is 473 g/mol. The first kappa shape index (κ1) is 23.4. The monoisotopic (exact) mass is 472 g/mol. The summed E-state index contributed by atoms with van der Waals surface area (Å²) in [5.41, 5.74) is 2.12. The number of anilines is 1. The van der Waals surface area contributed by atoms with E-state index in [1.54, 1.807) is 29.4 Å². The molecule has 4 rings (SSSR count). The molecule has 1 aromatic heterocycles. The van der Waals surface area contributed by atoms with Crippen molar-refractivity contribution < 1.29 is 18.7 Å². The lowest BCUT2D eigenvalue weighted by Gasteiger charge is -2.38. The number of hydrogen-bond donors (Lipinski definition) is 2. The number of fused-ring (bicyclic) bond motifs is 1. The van der Waals surface area contributed by atoms with Gasteiger partial charge < -0.3 is 14.7 Å². The van der Waals surface area contributed by atoms with Gasteiger partial charge in [-0.25, -0.2) is 8.78 Å². The first-order chi connectivity index (χ1) is 15.9. The van der Waals surface area contributed by atoms with Crippen molar-refractivity contribution in [1.29, 1.82) is 0 Å². The molecule has 3 aromatic rings. The molecular formula is C24H26F2N4O2S. The molecule has 6 nitrogen and oxygen atoms in total. The Morgan fingerprint density at radius 1 is 1.12 bits per heavy atom. The van der Waals surface area contributed by atoms with Crippen LogP contribution in [0.1, 0.15) is 42.5 Å². The van der Waals surface area contributed by atoms with Crippen molar-refractivity contribution in [3.05, 3.63) is 60.4 Å². The van der Waals surface area contributed by atoms with Crippen LogP contribution in [0.5, 0.6) is 0 Å². The van der Waals surface area contributed by atoms with Crippen LogP contribution < -0.4 is 4.72 Å². The van der Waals surface area contributed by atoms with Crippen LogP contribution >= 0.6 is 11.9 Å². The number of nitrogens with one attached hydrogen (secondary N) is 1. The SMILES string of the molecule is O=C(c1ccc(NSc2cccc3nccnc23)cc1)N1CCC(O)(CCCC(F)F)CC1. The molecule has 0 radical (unpaired) electrons. The third kappa shape index (κ3) is 5.97. The van der Waals surface area contributed by atoms with Gasteiger partial charge in [-0.1, -0.05) is 6.07 Å². The number of nitrogens with zero attached hydrogens (tertiary/aromatic N) is 3. The van der Waals surface area contributed by atoms with Crippen LogP contribution in [0.15, 0.2) is 59.8 Å². The highest BCUT2D eigenvalue weighted by atomic mass is 32.2. The number of amides is 1. The Kier molecular flexibility index (Phi) is 7.39. The fraction of sp³-hybridized carbons (Fsp3) is 0.375. The van der Waals surface area contributed by atoms with Gasteiger partial charge in [0.05, 0.1) is 16.0 Å². The summed E-state index contributed by atoms with van der Waals surface area (Å²) < 4.78 is 28.0. The van der Waals surface area contributed by atoms with Crippen LogP contribution in [-0.4, -0.2) is 51.0 Å². The summed E-state index contributed by atoms with van der Waals surface area (Å²) >= 11 is 1.43. The van der Waals surface area contributed by atoms with Gasteiger partial charge in [0.2, 0.25) is 6.43 Å². The van der Waals surface area contributed by atoms with Crippen LogP contribution in [-0.2, 0) is 0 Å². The summed E-state index contributed by atoms with van der Waals surface area (Å²) in [5.74, 6) is -0.0897. The zero-order valence-electron chi connectivity index (χ0n) is 18.1. The van der Waals surface area contributed by atoms with Gasteiger partial charge in [-0.15, -0.1) is 0 Å². The van der Waals surface area contributed by atoms with Crippen LogP contribution in [0.4, 0.5) is 14.5 Å². The highest BCUT2D eigenvalue weighted by molar-refractivity contribution is 8.00. The Morgan fingerprint density at radius 2 is 1.85 bits per heavy atom. The minimum atomic E-state index is -2.34. The predicted molar refractivity (Wildman–Crippen MR) is 125 cm³/mol. The van der Waals surface area contributed by atoms with Crippen LogP contribution in [0, 0.1) is 0 Å². The number of rotatable bonds is 8. The first-order valence-corrected chi connectivity index (χ1v) is 11.8. The van der Waals surface area contributed by atoms with Gasteiger partial charge in [-0.05, 0) is 74.0 Å². The molecule has 1 fully saturated rings. The molecule has 2 N–H and O–H groups in total. The smallest absolute Gasteiger partial charge is 0.253 e. The lowest BCUT2D eigenvalue weighted by Crippen LogP contribution is -2.46. The normalized spacial score (nSPS) is 15.7. The van der Waals surface area contributed by atoms with E-state index in [4.69, 9.17) is 0 Å². The van der Waals surface area contributed by atoms with E-state index in [0.717, 1.165) is 21.6 Å². The van der Waals surface area contributed by atoms with E-state index < -0.39 is 12.0 Å². The van der Waals surface area contributed by atoms with E-state index in [1.165, 1.54) is 11.9 Å². The lowest BCUT2D eigenvalue weighted by atomic mass is 9.86. The largest absolute Gasteiger partial charge is 0.390 e. The van der Waals surface area contributed by atoms with Gasteiger partial charge in [-0.3, -0.25) is 14.8 Å². The summed E-state index contributed by atoms with van der Waals surface area (Å²) in [4.78, 5) is 24.2. The summed E-state index contributed by atoms with van der Waals surface area (Å²) in [5, 5.41) is 10.6. The third-order valence-electron chi connectivity index (χ3n) is 5.92. The maximum atomic E-state index is 12.9. The second-order valence-electron chi connectivity index (χ2n) is 8.26. The number of aromatic nitrogens is 2. The summed E-state index contributed by atoms with van der Waals surface area (Å²) in [6.07, 6.45) is 2.25. The van der Waals surface area contributed by atoms with E-state index in [-0.39, 0.29) is 12.3 Å². The van der Waals surface area contributed by atoms with Crippen molar-refractivity contribution in [1.82, 2.24) is 14.9 Å². The summed E-state index contributed by atoms with van der Waals surface area (Å²) in [6.45, 7) is 0.837. The highest BCUT2D eigenvalue weighted by Crippen LogP contribution is 2.30. The first-order valence-electron chi connectivity index (χ1n) is 11.0. The van der Waals surface area contributed by atoms with Crippen molar-refractivity contribution in [2.24, 2.45) is 0 Å². The number of piperidine rings is 1. The second-order valence-corrected chi connectivity index (χ2v) is 9.11. The molecule has 1 amide bonds. The molecular weight excluding hydrogens is 446 g/mol. The molecule has 1 aliphatic heterocycles. The average Bonchev–Trinajstić information content (AvgIpc) is 2.83. The van der Waals surface area contributed by atoms with Crippen molar-refractivity contribution >= 4 is 34.6 Å². The van der Waals surface area contributed by atoms with E-state index >= 15 is 0 Å². The maximum Gasteiger partial charge on any atom is 0.253 e. The van der Waals surface area contributed by atoms with Crippen LogP contribution in [0.3, 0.4) is 0 Å². The van der Waals surface area contributed by atoms with Gasteiger partial charge in [-0.2, -0.15) is 0 Å². The quantitative estimate of drug-likeness (QED) is 0.442. The van der Waals surface area contributed by atoms with Crippen LogP contribution in [0.2, 0.25) is 0 Å². The number of likely N-dealkylation sites (tertiary alicyclic amines) is 1. The zero-order valence-corrected chi connectivity index (χ0v) is 18.9. The molecule has 0 saturated carbocycles. The molecule has 2 aromatic carbocycles. The molecule has 0 atom stereocenters. The Labute approximate surface area is 195 Å². The van der Waals surface area contributed by atoms with Gasteiger partial charge in [0.1, 0.15) is 5.52 Å². The minimum Gasteiger partial charge on any atom is -0.390 e. The number of hydrogen-bond acceptors (Lipinski definition) is 6. The van der Waals surface area contributed by atoms with Crippen LogP contribution in [0.25, 0.3) is 11.0 Å². The number of para-hydroxylation sites is 1. The lowest BCUT2D eigenvalue weighted by molar-refractivity contribution is -0.0269. The number of alkyl halides is 2. The topological polar surface area (TPSA) is 78.4 Å². The van der Waals surface area contributed by atoms with E-state index in [1.807, 2.05) is 30.3 Å². The van der Waals surface area contributed by atoms with Gasteiger partial charge in [0.15, 0.2) is 0 Å². The Morgan fingerprint density at radius 3 is 2.58 bits per heavy atom. The van der Waals surface area contributed by atoms with Gasteiger partial charge in [0, 0.05) is 43.2 Å². The fourth-order valence-electron chi connectivity index (χ4n) is 3.99. The van der Waals surface area contributed by atoms with Gasteiger partial charge in [0.25, 0.3) is 5.91 Å². The molecule has 0 unspecified atom stereocenters. The van der Waals surface area contributed by atoms with Crippen molar-refractivity contribution in [3.63, 3.8) is 0 Å². The van der Waals surface area contributed by atoms with E-state index in [0.29, 0.717) is 44.3 Å². The number of benzene rings is 2. The molecule has 33 heavy (non-hydrogen) atoms. The Bertz CT molecular complexity index is 1080. The number of halogens is 2. The highest BCUT2D eigenvalue weighted by Gasteiger charge is 2.33. The molecule has 2 heterocycles. The molecule has 174 valence electrons. The van der Waals surface area contributed by atoms with Gasteiger partial charge >= 0.3 is 0 Å². The van der Waals surface area contributed by atoms with Crippen molar-refractivity contribution in [2.45, 2.75) is 49.0 Å². The Hall–Kier alpha value is -2.78.